The van der Waals surface area contributed by atoms with E-state index in [0.717, 1.165) is 10.0 Å². The van der Waals surface area contributed by atoms with E-state index in [9.17, 15) is 9.59 Å². The van der Waals surface area contributed by atoms with E-state index < -0.39 is 11.8 Å². The Kier molecular flexibility index (Phi) is 7.64. The summed E-state index contributed by atoms with van der Waals surface area (Å²) in [4.78, 5) is 26.4. The predicted octanol–water partition coefficient (Wildman–Crippen LogP) is 4.61. The van der Waals surface area contributed by atoms with Gasteiger partial charge >= 0.3 is 0 Å². The minimum Gasteiger partial charge on any atom is -0.493 e. The van der Waals surface area contributed by atoms with Crippen LogP contribution in [0.25, 0.3) is 6.08 Å². The van der Waals surface area contributed by atoms with Gasteiger partial charge in [0.1, 0.15) is 12.2 Å². The van der Waals surface area contributed by atoms with E-state index in [0.29, 0.717) is 28.1 Å². The lowest BCUT2D eigenvalue weighted by Gasteiger charge is -2.27. The number of nitrogens with zero attached hydrogens (tertiary/aromatic N) is 1. The number of benzene rings is 2. The molecule has 2 aromatic carbocycles. The lowest BCUT2D eigenvalue weighted by Crippen LogP contribution is -2.53. The van der Waals surface area contributed by atoms with Gasteiger partial charge in [-0.3, -0.25) is 19.8 Å². The molecule has 0 aliphatic carbocycles. The van der Waals surface area contributed by atoms with Crippen molar-refractivity contribution in [2.45, 2.75) is 6.61 Å². The summed E-state index contributed by atoms with van der Waals surface area (Å²) in [5.41, 5.74) is 1.54. The van der Waals surface area contributed by atoms with Gasteiger partial charge in [-0.15, -0.1) is 6.58 Å². The van der Waals surface area contributed by atoms with Gasteiger partial charge in [-0.05, 0) is 53.7 Å². The van der Waals surface area contributed by atoms with Crippen LogP contribution < -0.4 is 14.8 Å². The van der Waals surface area contributed by atoms with Crippen molar-refractivity contribution in [3.63, 3.8) is 0 Å². The second kappa shape index (κ2) is 10.2. The van der Waals surface area contributed by atoms with Crippen LogP contribution in [0.5, 0.6) is 11.5 Å². The van der Waals surface area contributed by atoms with E-state index in [1.54, 1.807) is 12.1 Å². The van der Waals surface area contributed by atoms with Gasteiger partial charge in [0, 0.05) is 15.5 Å². The van der Waals surface area contributed by atoms with Gasteiger partial charge in [-0.1, -0.05) is 50.1 Å². The molecule has 1 saturated heterocycles. The maximum atomic E-state index is 12.7. The largest absolute Gasteiger partial charge is 0.493 e. The topological polar surface area (TPSA) is 67.9 Å². The number of rotatable bonds is 7. The molecule has 3 rings (SSSR count). The van der Waals surface area contributed by atoms with Crippen molar-refractivity contribution >= 4 is 67.1 Å². The molecule has 0 saturated carbocycles. The van der Waals surface area contributed by atoms with E-state index in [-0.39, 0.29) is 17.2 Å². The summed E-state index contributed by atoms with van der Waals surface area (Å²) >= 11 is 12.0. The maximum absolute atomic E-state index is 12.7. The highest BCUT2D eigenvalue weighted by Crippen LogP contribution is 2.35. The van der Waals surface area contributed by atoms with Crippen molar-refractivity contribution in [3.05, 3.63) is 74.7 Å². The van der Waals surface area contributed by atoms with Gasteiger partial charge < -0.3 is 9.47 Å². The van der Waals surface area contributed by atoms with Crippen LogP contribution in [0.4, 0.5) is 0 Å². The van der Waals surface area contributed by atoms with E-state index in [1.807, 2.05) is 24.3 Å². The van der Waals surface area contributed by atoms with Gasteiger partial charge in [0.2, 0.25) is 0 Å². The van der Waals surface area contributed by atoms with Crippen LogP contribution in [0.15, 0.2) is 63.6 Å². The highest BCUT2D eigenvalue weighted by molar-refractivity contribution is 9.10. The van der Waals surface area contributed by atoms with Crippen molar-refractivity contribution in [2.24, 2.45) is 0 Å². The van der Waals surface area contributed by atoms with Crippen LogP contribution in [0, 0.1) is 0 Å². The molecule has 9 heteroatoms. The Balaban J connectivity index is 1.89. The normalized spacial score (nSPS) is 15.1. The molecule has 1 N–H and O–H groups in total. The Morgan fingerprint density at radius 3 is 2.52 bits per heavy atom. The van der Waals surface area contributed by atoms with E-state index in [1.165, 1.54) is 24.2 Å². The average molecular weight is 566 g/mol. The minimum atomic E-state index is -0.559. The Morgan fingerprint density at radius 2 is 1.87 bits per heavy atom. The fraction of sp³-hybridized carbons (Fsp3) is 0.136. The molecule has 0 unspecified atom stereocenters. The number of amides is 2. The van der Waals surface area contributed by atoms with Crippen LogP contribution in [0.2, 0.25) is 0 Å². The van der Waals surface area contributed by atoms with Crippen molar-refractivity contribution in [1.29, 1.82) is 0 Å². The highest BCUT2D eigenvalue weighted by atomic mass is 79.9. The summed E-state index contributed by atoms with van der Waals surface area (Å²) in [5, 5.41) is 2.58. The summed E-state index contributed by atoms with van der Waals surface area (Å²) in [7, 11) is 1.52. The van der Waals surface area contributed by atoms with Crippen molar-refractivity contribution in [1.82, 2.24) is 10.2 Å². The Labute approximate surface area is 202 Å². The summed E-state index contributed by atoms with van der Waals surface area (Å²) in [6, 6.07) is 11.2. The zero-order chi connectivity index (χ0) is 22.5. The van der Waals surface area contributed by atoms with Gasteiger partial charge in [-0.25, -0.2) is 0 Å². The number of hydrogen-bond donors (Lipinski definition) is 1. The monoisotopic (exact) mass is 564 g/mol. The average Bonchev–Trinajstić information content (AvgIpc) is 2.74. The van der Waals surface area contributed by atoms with E-state index in [4.69, 9.17) is 21.7 Å². The molecule has 1 aliphatic rings. The first-order chi connectivity index (χ1) is 14.8. The molecule has 2 aromatic rings. The van der Waals surface area contributed by atoms with Gasteiger partial charge in [0.25, 0.3) is 11.8 Å². The summed E-state index contributed by atoms with van der Waals surface area (Å²) in [6.45, 7) is 4.17. The molecule has 6 nitrogen and oxygen atoms in total. The number of carbonyl (C=O) groups is 2. The fourth-order valence-electron chi connectivity index (χ4n) is 2.82. The third kappa shape index (κ3) is 5.41. The first-order valence-corrected chi connectivity index (χ1v) is 11.1. The summed E-state index contributed by atoms with van der Waals surface area (Å²) in [5.74, 6) is -0.0607. The molecule has 0 aromatic heterocycles. The number of thiocarbonyl (C=S) groups is 1. The SMILES string of the molecule is C=CCN1C(=O)/C(=C/c2cc(OC)c(OCc3ccc(Br)cc3)cc2Br)C(=O)NC1=S. The van der Waals surface area contributed by atoms with Crippen molar-refractivity contribution in [3.8, 4) is 11.5 Å². The second-order valence-corrected chi connectivity index (χ2v) is 8.62. The molecule has 1 fully saturated rings. The van der Waals surface area contributed by atoms with Crippen LogP contribution in [-0.2, 0) is 16.2 Å². The van der Waals surface area contributed by atoms with Gasteiger partial charge in [0.15, 0.2) is 16.6 Å². The van der Waals surface area contributed by atoms with Gasteiger partial charge in [-0.2, -0.15) is 0 Å². The van der Waals surface area contributed by atoms with Crippen molar-refractivity contribution < 1.29 is 19.1 Å². The first-order valence-electron chi connectivity index (χ1n) is 9.08. The van der Waals surface area contributed by atoms with Crippen LogP contribution in [-0.4, -0.2) is 35.5 Å². The van der Waals surface area contributed by atoms with E-state index in [2.05, 4.69) is 43.8 Å². The predicted molar refractivity (Wildman–Crippen MR) is 130 cm³/mol. The third-order valence-electron chi connectivity index (χ3n) is 4.39. The summed E-state index contributed by atoms with van der Waals surface area (Å²) in [6.07, 6.45) is 3.02. The van der Waals surface area contributed by atoms with Crippen LogP contribution in [0.1, 0.15) is 11.1 Å². The molecule has 31 heavy (non-hydrogen) atoms. The lowest BCUT2D eigenvalue weighted by molar-refractivity contribution is -0.128. The molecule has 1 aliphatic heterocycles. The fourth-order valence-corrected chi connectivity index (χ4v) is 3.77. The van der Waals surface area contributed by atoms with Gasteiger partial charge in [0.05, 0.1) is 7.11 Å². The molecule has 2 amide bonds. The molecule has 1 heterocycles. The number of methoxy groups -OCH3 is 1. The molecule has 0 radical (unpaired) electrons. The number of ether oxygens (including phenoxy) is 2. The zero-order valence-electron chi connectivity index (χ0n) is 16.5. The van der Waals surface area contributed by atoms with Crippen LogP contribution in [0.3, 0.4) is 0 Å². The lowest BCUT2D eigenvalue weighted by atomic mass is 10.1. The highest BCUT2D eigenvalue weighted by Gasteiger charge is 2.32. The standard InChI is InChI=1S/C22H18Br2N2O4S/c1-3-8-26-21(28)16(20(27)25-22(26)31)9-14-10-18(29-2)19(11-17(14)24)30-12-13-4-6-15(23)7-5-13/h3-7,9-11H,1,8,12H2,2H3,(H,25,27,31)/b16-9+. The number of nitrogens with one attached hydrogen (secondary N) is 1. The summed E-state index contributed by atoms with van der Waals surface area (Å²) < 4.78 is 13.0. The molecule has 160 valence electrons. The minimum absolute atomic E-state index is 0.0401. The first kappa shape index (κ1) is 23.2. The number of halogens is 2. The van der Waals surface area contributed by atoms with Crippen LogP contribution >= 0.6 is 44.1 Å². The third-order valence-corrected chi connectivity index (χ3v) is 5.93. The number of hydrogen-bond acceptors (Lipinski definition) is 5. The zero-order valence-corrected chi connectivity index (χ0v) is 20.5. The Bertz CT molecular complexity index is 1080. The molecular weight excluding hydrogens is 548 g/mol. The second-order valence-electron chi connectivity index (χ2n) is 6.46. The molecular formula is C22H18Br2N2O4S. The smallest absolute Gasteiger partial charge is 0.265 e. The Hall–Kier alpha value is -2.49. The quantitative estimate of drug-likeness (QED) is 0.230. The molecule has 0 bridgehead atoms. The molecule has 0 spiro atoms. The number of carbonyl (C=O) groups excluding carboxylic acids is 2. The Morgan fingerprint density at radius 1 is 1.16 bits per heavy atom. The van der Waals surface area contributed by atoms with Crippen molar-refractivity contribution in [2.75, 3.05) is 13.7 Å². The van der Waals surface area contributed by atoms with E-state index >= 15 is 0 Å². The maximum Gasteiger partial charge on any atom is 0.265 e. The molecule has 0 atom stereocenters.